The van der Waals surface area contributed by atoms with E-state index in [9.17, 15) is 39.5 Å². The maximum atomic E-state index is 12.7. The molecule has 0 spiro atoms. The summed E-state index contributed by atoms with van der Waals surface area (Å²) in [4.78, 5) is -0.994. The molecule has 13 heteroatoms. The monoisotopic (exact) mass is 519 g/mol. The average Bonchev–Trinajstić information content (AvgIpc) is 2.74. The molecule has 0 aliphatic heterocycles. The lowest BCUT2D eigenvalue weighted by molar-refractivity contribution is -0.294. The fraction of sp³-hybridized carbons (Fsp3) is 0.455. The molecule has 0 aliphatic carbocycles. The van der Waals surface area contributed by atoms with Crippen molar-refractivity contribution in [2.24, 2.45) is 0 Å². The number of hydrogen-bond donors (Lipinski definition) is 0. The molecule has 0 N–H and O–H groups in total. The number of aryl methyl sites for hydroxylation is 2. The number of ether oxygens (including phenoxy) is 3. The highest BCUT2D eigenvalue weighted by atomic mass is 19.4. The van der Waals surface area contributed by atoms with Crippen molar-refractivity contribution in [2.45, 2.75) is 44.6 Å². The molecule has 2 aromatic carbocycles. The Bertz CT molecular complexity index is 906. The van der Waals surface area contributed by atoms with Crippen molar-refractivity contribution in [3.63, 3.8) is 0 Å². The average molecular weight is 519 g/mol. The Balaban J connectivity index is 2.00. The summed E-state index contributed by atoms with van der Waals surface area (Å²) in [5.74, 6) is -0.0911. The molecule has 0 unspecified atom stereocenters. The molecule has 0 amide bonds. The van der Waals surface area contributed by atoms with Crippen molar-refractivity contribution >= 4 is 0 Å². The Hall–Kier alpha value is -2.67. The molecule has 0 aliphatic rings. The third kappa shape index (κ3) is 10.2. The number of para-hydroxylation sites is 1. The maximum absolute atomic E-state index is 12.7. The van der Waals surface area contributed by atoms with Gasteiger partial charge < -0.3 is 14.2 Å². The molecule has 196 valence electrons. The topological polar surface area (TPSA) is 30.9 Å². The van der Waals surface area contributed by atoms with Crippen LogP contribution in [0.3, 0.4) is 0 Å². The molecule has 0 radical (unpaired) electrons. The summed E-state index contributed by atoms with van der Waals surface area (Å²) in [7, 11) is 0. The molecule has 2 rings (SSSR count). The largest absolute Gasteiger partial charge is 0.573 e. The van der Waals surface area contributed by atoms with E-state index in [4.69, 9.17) is 9.47 Å². The molecule has 2 aromatic rings. The van der Waals surface area contributed by atoms with Crippen LogP contribution in [0.4, 0.5) is 39.5 Å². The van der Waals surface area contributed by atoms with Gasteiger partial charge in [0.05, 0.1) is 6.10 Å². The Morgan fingerprint density at radius 3 is 2.23 bits per heavy atom. The van der Waals surface area contributed by atoms with Gasteiger partial charge in [-0.1, -0.05) is 30.3 Å². The summed E-state index contributed by atoms with van der Waals surface area (Å²) in [5.41, 5.74) is 1.15. The quantitative estimate of drug-likeness (QED) is 0.224. The minimum Gasteiger partial charge on any atom is -0.491 e. The van der Waals surface area contributed by atoms with Gasteiger partial charge in [0.2, 0.25) is 0 Å². The fourth-order valence-electron chi connectivity index (χ4n) is 3.13. The van der Waals surface area contributed by atoms with Crippen LogP contribution in [-0.4, -0.2) is 50.2 Å². The van der Waals surface area contributed by atoms with E-state index in [-0.39, 0.29) is 11.5 Å². The summed E-state index contributed by atoms with van der Waals surface area (Å²) in [6, 6.07) is 11.9. The summed E-state index contributed by atoms with van der Waals surface area (Å²) in [5, 5.41) is 0. The first-order valence-electron chi connectivity index (χ1n) is 10.2. The molecular weight excluding hydrogens is 497 g/mol. The lowest BCUT2D eigenvalue weighted by Crippen LogP contribution is -2.43. The van der Waals surface area contributed by atoms with Crippen molar-refractivity contribution < 1.29 is 53.7 Å². The molecule has 0 saturated heterocycles. The minimum atomic E-state index is -5.27. The Kier molecular flexibility index (Phi) is 10.5. The van der Waals surface area contributed by atoms with E-state index in [1.165, 1.54) is 18.2 Å². The standard InChI is InChI=1S/C22H22F9NO3/c23-14-34-18(10-11-32(20(24)25)21(26,27)28)13-33-19-7-2-1-5-16(19)9-8-15-4-3-6-17(12-15)35-22(29,30)31/h1-7,12,18,20H,8-11,13-14H2/t18-/m1/s1. The van der Waals surface area contributed by atoms with E-state index in [2.05, 4.69) is 4.74 Å². The first kappa shape index (κ1) is 28.6. The lowest BCUT2D eigenvalue weighted by Gasteiger charge is -2.26. The number of rotatable bonds is 13. The van der Waals surface area contributed by atoms with E-state index < -0.39 is 56.6 Å². The first-order valence-corrected chi connectivity index (χ1v) is 10.2. The van der Waals surface area contributed by atoms with Gasteiger partial charge in [0.1, 0.15) is 18.1 Å². The van der Waals surface area contributed by atoms with Gasteiger partial charge in [0.15, 0.2) is 6.86 Å². The zero-order valence-electron chi connectivity index (χ0n) is 18.1. The van der Waals surface area contributed by atoms with Crippen molar-refractivity contribution in [2.75, 3.05) is 20.0 Å². The van der Waals surface area contributed by atoms with Crippen LogP contribution in [0, 0.1) is 0 Å². The van der Waals surface area contributed by atoms with Crippen molar-refractivity contribution in [1.82, 2.24) is 4.90 Å². The van der Waals surface area contributed by atoms with Crippen LogP contribution in [0.2, 0.25) is 0 Å². The number of halogens is 9. The predicted molar refractivity (Wildman–Crippen MR) is 107 cm³/mol. The van der Waals surface area contributed by atoms with Crippen molar-refractivity contribution in [3.05, 3.63) is 59.7 Å². The van der Waals surface area contributed by atoms with Gasteiger partial charge in [-0.15, -0.1) is 13.2 Å². The second kappa shape index (κ2) is 12.9. The SMILES string of the molecule is FCO[C@H](CCN(C(F)F)C(F)(F)F)COc1ccccc1CCc1cccc(OC(F)(F)F)c1. The third-order valence-corrected chi connectivity index (χ3v) is 4.76. The van der Waals surface area contributed by atoms with Gasteiger partial charge in [-0.2, -0.15) is 26.9 Å². The van der Waals surface area contributed by atoms with E-state index in [1.807, 2.05) is 0 Å². The van der Waals surface area contributed by atoms with Gasteiger partial charge in [-0.05, 0) is 48.6 Å². The zero-order valence-corrected chi connectivity index (χ0v) is 18.1. The molecule has 35 heavy (non-hydrogen) atoms. The molecule has 0 saturated carbocycles. The van der Waals surface area contributed by atoms with Gasteiger partial charge in [0, 0.05) is 6.54 Å². The Labute approximate surface area is 195 Å². The van der Waals surface area contributed by atoms with Gasteiger partial charge in [-0.25, -0.2) is 4.39 Å². The Morgan fingerprint density at radius 2 is 1.60 bits per heavy atom. The van der Waals surface area contributed by atoms with E-state index in [1.54, 1.807) is 24.3 Å². The van der Waals surface area contributed by atoms with Crippen LogP contribution in [-0.2, 0) is 17.6 Å². The van der Waals surface area contributed by atoms with Gasteiger partial charge in [0.25, 0.3) is 0 Å². The number of hydrogen-bond acceptors (Lipinski definition) is 4. The smallest absolute Gasteiger partial charge is 0.491 e. The third-order valence-electron chi connectivity index (χ3n) is 4.76. The number of alkyl halides is 9. The van der Waals surface area contributed by atoms with Crippen molar-refractivity contribution in [3.8, 4) is 11.5 Å². The number of benzene rings is 2. The molecule has 1 atom stereocenters. The van der Waals surface area contributed by atoms with Crippen LogP contribution in [0.25, 0.3) is 0 Å². The number of nitrogens with zero attached hydrogens (tertiary/aromatic N) is 1. The van der Waals surface area contributed by atoms with E-state index in [0.29, 0.717) is 24.0 Å². The molecule has 0 fully saturated rings. The summed E-state index contributed by atoms with van der Waals surface area (Å²) in [6.45, 7) is -6.69. The van der Waals surface area contributed by atoms with Crippen LogP contribution in [0.1, 0.15) is 17.5 Å². The van der Waals surface area contributed by atoms with E-state index >= 15 is 0 Å². The highest BCUT2D eigenvalue weighted by molar-refractivity contribution is 5.35. The van der Waals surface area contributed by atoms with Crippen LogP contribution in [0.5, 0.6) is 11.5 Å². The molecule has 0 bridgehead atoms. The van der Waals surface area contributed by atoms with Crippen LogP contribution in [0.15, 0.2) is 48.5 Å². The Morgan fingerprint density at radius 1 is 0.886 bits per heavy atom. The molecule has 0 heterocycles. The highest BCUT2D eigenvalue weighted by Crippen LogP contribution is 2.27. The fourth-order valence-corrected chi connectivity index (χ4v) is 3.13. The lowest BCUT2D eigenvalue weighted by atomic mass is 10.0. The molecule has 4 nitrogen and oxygen atoms in total. The van der Waals surface area contributed by atoms with E-state index in [0.717, 1.165) is 6.07 Å². The molecule has 0 aromatic heterocycles. The summed E-state index contributed by atoms with van der Waals surface area (Å²) < 4.78 is 127. The predicted octanol–water partition coefficient (Wildman–Crippen LogP) is 6.50. The first-order chi connectivity index (χ1) is 16.4. The van der Waals surface area contributed by atoms with Crippen molar-refractivity contribution in [1.29, 1.82) is 0 Å². The van der Waals surface area contributed by atoms with Crippen LogP contribution >= 0.6 is 0 Å². The second-order valence-corrected chi connectivity index (χ2v) is 7.24. The van der Waals surface area contributed by atoms with Gasteiger partial charge in [-0.3, -0.25) is 0 Å². The second-order valence-electron chi connectivity index (χ2n) is 7.24. The molecular formula is C22H22F9NO3. The summed E-state index contributed by atoms with van der Waals surface area (Å²) >= 11 is 0. The highest BCUT2D eigenvalue weighted by Gasteiger charge is 2.42. The maximum Gasteiger partial charge on any atom is 0.573 e. The van der Waals surface area contributed by atoms with Gasteiger partial charge >= 0.3 is 19.2 Å². The van der Waals surface area contributed by atoms with Crippen LogP contribution < -0.4 is 9.47 Å². The zero-order chi connectivity index (χ0) is 26.1. The normalized spacial score (nSPS) is 13.3. The summed E-state index contributed by atoms with van der Waals surface area (Å²) in [6.07, 6.45) is -11.3. The minimum absolute atomic E-state index is 0.282.